The van der Waals surface area contributed by atoms with Gasteiger partial charge < -0.3 is 5.73 Å². The van der Waals surface area contributed by atoms with E-state index >= 15 is 0 Å². The average molecular weight is 199 g/mol. The lowest BCUT2D eigenvalue weighted by Gasteiger charge is -2.10. The second kappa shape index (κ2) is 4.09. The zero-order chi connectivity index (χ0) is 10.7. The fourth-order valence-electron chi connectivity index (χ4n) is 1.54. The third kappa shape index (κ3) is 2.13. The molecule has 2 N–H and O–H groups in total. The van der Waals surface area contributed by atoms with Crippen LogP contribution < -0.4 is 5.73 Å². The van der Waals surface area contributed by atoms with Crippen LogP contribution in [0.1, 0.15) is 24.1 Å². The molecule has 0 aliphatic carbocycles. The highest BCUT2D eigenvalue weighted by Crippen LogP contribution is 2.21. The summed E-state index contributed by atoms with van der Waals surface area (Å²) in [6, 6.07) is 12.1. The Morgan fingerprint density at radius 3 is 2.53 bits per heavy atom. The number of nitrogens with zero attached hydrogens (tertiary/aromatic N) is 2. The van der Waals surface area contributed by atoms with Gasteiger partial charge >= 0.3 is 0 Å². The summed E-state index contributed by atoms with van der Waals surface area (Å²) in [4.78, 5) is 8.10. The largest absolute Gasteiger partial charge is 0.368 e. The van der Waals surface area contributed by atoms with Gasteiger partial charge in [0.15, 0.2) is 0 Å². The topological polar surface area (TPSA) is 51.8 Å². The van der Waals surface area contributed by atoms with E-state index in [0.717, 1.165) is 5.69 Å². The lowest BCUT2D eigenvalue weighted by Crippen LogP contribution is -2.02. The van der Waals surface area contributed by atoms with Crippen molar-refractivity contribution in [3.63, 3.8) is 0 Å². The maximum atomic E-state index is 5.55. The molecule has 0 saturated heterocycles. The first-order chi connectivity index (χ1) is 7.27. The summed E-state index contributed by atoms with van der Waals surface area (Å²) in [7, 11) is 0. The van der Waals surface area contributed by atoms with Crippen LogP contribution in [0.5, 0.6) is 0 Å². The van der Waals surface area contributed by atoms with E-state index in [2.05, 4.69) is 29.0 Å². The number of nitrogens with two attached hydrogens (primary N) is 1. The summed E-state index contributed by atoms with van der Waals surface area (Å²) in [5.74, 6) is 0.576. The Hall–Kier alpha value is -1.90. The second-order valence-electron chi connectivity index (χ2n) is 3.47. The Bertz CT molecular complexity index is 440. The molecule has 3 nitrogen and oxygen atoms in total. The van der Waals surface area contributed by atoms with Crippen molar-refractivity contribution in [1.29, 1.82) is 0 Å². The van der Waals surface area contributed by atoms with Gasteiger partial charge in [0.1, 0.15) is 0 Å². The molecule has 0 fully saturated rings. The van der Waals surface area contributed by atoms with Gasteiger partial charge in [0.2, 0.25) is 5.95 Å². The summed E-state index contributed by atoms with van der Waals surface area (Å²) >= 11 is 0. The SMILES string of the molecule is CC(c1ccccc1)c1ccnc(N)n1. The standard InChI is InChI=1S/C12H13N3/c1-9(10-5-3-2-4-6-10)11-7-8-14-12(13)15-11/h2-9H,1H3,(H2,13,14,15). The molecule has 1 heterocycles. The van der Waals surface area contributed by atoms with Gasteiger partial charge in [-0.15, -0.1) is 0 Å². The molecule has 15 heavy (non-hydrogen) atoms. The number of nitrogen functional groups attached to an aromatic ring is 1. The van der Waals surface area contributed by atoms with Crippen LogP contribution >= 0.6 is 0 Å². The molecule has 0 bridgehead atoms. The molecule has 2 rings (SSSR count). The molecule has 1 atom stereocenters. The first-order valence-corrected chi connectivity index (χ1v) is 4.91. The van der Waals surface area contributed by atoms with Crippen LogP contribution in [0.15, 0.2) is 42.6 Å². The number of aromatic nitrogens is 2. The minimum absolute atomic E-state index is 0.247. The lowest BCUT2D eigenvalue weighted by atomic mass is 9.98. The maximum Gasteiger partial charge on any atom is 0.220 e. The monoisotopic (exact) mass is 199 g/mol. The van der Waals surface area contributed by atoms with Gasteiger partial charge in [0, 0.05) is 12.1 Å². The molecule has 0 aliphatic rings. The number of anilines is 1. The van der Waals surface area contributed by atoms with E-state index in [1.807, 2.05) is 24.3 Å². The zero-order valence-electron chi connectivity index (χ0n) is 8.59. The summed E-state index contributed by atoms with van der Waals surface area (Å²) in [5, 5.41) is 0. The summed E-state index contributed by atoms with van der Waals surface area (Å²) in [5.41, 5.74) is 7.74. The van der Waals surface area contributed by atoms with Gasteiger partial charge in [-0.2, -0.15) is 0 Å². The van der Waals surface area contributed by atoms with Gasteiger partial charge in [-0.3, -0.25) is 0 Å². The van der Waals surface area contributed by atoms with Crippen LogP contribution in [0.2, 0.25) is 0 Å². The first kappa shape index (κ1) is 9.65. The molecule has 3 heteroatoms. The van der Waals surface area contributed by atoms with Crippen molar-refractivity contribution in [2.24, 2.45) is 0 Å². The van der Waals surface area contributed by atoms with Crippen LogP contribution in [0.25, 0.3) is 0 Å². The van der Waals surface area contributed by atoms with Gasteiger partial charge in [0.25, 0.3) is 0 Å². The van der Waals surface area contributed by atoms with Crippen molar-refractivity contribution in [3.8, 4) is 0 Å². The highest BCUT2D eigenvalue weighted by atomic mass is 15.0. The minimum Gasteiger partial charge on any atom is -0.368 e. The Labute approximate surface area is 89.0 Å². The van der Waals surface area contributed by atoms with Crippen LogP contribution in [-0.2, 0) is 0 Å². The van der Waals surface area contributed by atoms with Crippen LogP contribution in [0.4, 0.5) is 5.95 Å². The van der Waals surface area contributed by atoms with Crippen molar-refractivity contribution in [2.45, 2.75) is 12.8 Å². The number of rotatable bonds is 2. The molecule has 1 aromatic heterocycles. The van der Waals surface area contributed by atoms with Gasteiger partial charge in [0.05, 0.1) is 5.69 Å². The molecule has 0 amide bonds. The molecule has 1 aromatic carbocycles. The van der Waals surface area contributed by atoms with Crippen molar-refractivity contribution in [3.05, 3.63) is 53.9 Å². The van der Waals surface area contributed by atoms with Gasteiger partial charge in [-0.05, 0) is 11.6 Å². The predicted molar refractivity (Wildman–Crippen MR) is 60.4 cm³/mol. The molecular weight excluding hydrogens is 186 g/mol. The molecule has 0 saturated carbocycles. The fraction of sp³-hybridized carbons (Fsp3) is 0.167. The lowest BCUT2D eigenvalue weighted by molar-refractivity contribution is 0.864. The van der Waals surface area contributed by atoms with Gasteiger partial charge in [-0.25, -0.2) is 9.97 Å². The predicted octanol–water partition coefficient (Wildman–Crippen LogP) is 2.21. The minimum atomic E-state index is 0.247. The molecule has 0 radical (unpaired) electrons. The van der Waals surface area contributed by atoms with E-state index in [-0.39, 0.29) is 5.92 Å². The summed E-state index contributed by atoms with van der Waals surface area (Å²) < 4.78 is 0. The van der Waals surface area contributed by atoms with Crippen LogP contribution in [0.3, 0.4) is 0 Å². The second-order valence-corrected chi connectivity index (χ2v) is 3.47. The molecule has 0 spiro atoms. The van der Waals surface area contributed by atoms with E-state index < -0.39 is 0 Å². The Kier molecular flexibility index (Phi) is 2.63. The molecular formula is C12H13N3. The number of benzene rings is 1. The van der Waals surface area contributed by atoms with E-state index in [9.17, 15) is 0 Å². The Balaban J connectivity index is 2.32. The molecule has 1 unspecified atom stereocenters. The average Bonchev–Trinajstić information content (AvgIpc) is 2.29. The van der Waals surface area contributed by atoms with Crippen molar-refractivity contribution >= 4 is 5.95 Å². The quantitative estimate of drug-likeness (QED) is 0.806. The number of hydrogen-bond donors (Lipinski definition) is 1. The van der Waals surface area contributed by atoms with Crippen molar-refractivity contribution in [2.75, 3.05) is 5.73 Å². The molecule has 76 valence electrons. The van der Waals surface area contributed by atoms with Crippen molar-refractivity contribution in [1.82, 2.24) is 9.97 Å². The van der Waals surface area contributed by atoms with Crippen LogP contribution in [0, 0.1) is 0 Å². The Morgan fingerprint density at radius 1 is 1.13 bits per heavy atom. The van der Waals surface area contributed by atoms with E-state index in [1.54, 1.807) is 6.20 Å². The normalized spacial score (nSPS) is 12.3. The van der Waals surface area contributed by atoms with E-state index in [0.29, 0.717) is 5.95 Å². The van der Waals surface area contributed by atoms with Gasteiger partial charge in [-0.1, -0.05) is 37.3 Å². The summed E-state index contributed by atoms with van der Waals surface area (Å²) in [6.45, 7) is 2.11. The van der Waals surface area contributed by atoms with Crippen molar-refractivity contribution < 1.29 is 0 Å². The summed E-state index contributed by atoms with van der Waals surface area (Å²) in [6.07, 6.45) is 1.69. The van der Waals surface area contributed by atoms with Crippen LogP contribution in [-0.4, -0.2) is 9.97 Å². The fourth-order valence-corrected chi connectivity index (χ4v) is 1.54. The third-order valence-corrected chi connectivity index (χ3v) is 2.44. The molecule has 2 aromatic rings. The molecule has 0 aliphatic heterocycles. The Morgan fingerprint density at radius 2 is 1.87 bits per heavy atom. The third-order valence-electron chi connectivity index (χ3n) is 2.44. The highest BCUT2D eigenvalue weighted by Gasteiger charge is 2.09. The zero-order valence-corrected chi connectivity index (χ0v) is 8.59. The van der Waals surface area contributed by atoms with E-state index in [1.165, 1.54) is 5.56 Å². The first-order valence-electron chi connectivity index (χ1n) is 4.91. The number of hydrogen-bond acceptors (Lipinski definition) is 3. The van der Waals surface area contributed by atoms with E-state index in [4.69, 9.17) is 5.73 Å². The smallest absolute Gasteiger partial charge is 0.220 e. The maximum absolute atomic E-state index is 5.55. The highest BCUT2D eigenvalue weighted by molar-refractivity contribution is 5.29.